The van der Waals surface area contributed by atoms with E-state index < -0.39 is 10.9 Å². The van der Waals surface area contributed by atoms with Crippen LogP contribution in [0.2, 0.25) is 0 Å². The van der Waals surface area contributed by atoms with Crippen molar-refractivity contribution in [3.05, 3.63) is 124 Å². The number of nitrogens with zero attached hydrogens (tertiary/aromatic N) is 3. The van der Waals surface area contributed by atoms with Crippen molar-refractivity contribution in [2.75, 3.05) is 0 Å². The van der Waals surface area contributed by atoms with Gasteiger partial charge in [-0.25, -0.2) is 10.2 Å². The van der Waals surface area contributed by atoms with Gasteiger partial charge in [-0.3, -0.25) is 14.9 Å². The molecule has 0 spiro atoms. The van der Waals surface area contributed by atoms with Crippen molar-refractivity contribution in [3.63, 3.8) is 0 Å². The minimum atomic E-state index is -0.674. The number of benzene rings is 3. The van der Waals surface area contributed by atoms with Crippen LogP contribution in [0.3, 0.4) is 0 Å². The molecule has 0 atom stereocenters. The molecule has 9 nitrogen and oxygen atoms in total. The van der Waals surface area contributed by atoms with Gasteiger partial charge in [-0.15, -0.1) is 0 Å². The maximum atomic E-state index is 12.5. The molecule has 0 bridgehead atoms. The van der Waals surface area contributed by atoms with Crippen LogP contribution in [0.4, 0.5) is 5.69 Å². The van der Waals surface area contributed by atoms with Gasteiger partial charge in [0.2, 0.25) is 0 Å². The Kier molecular flexibility index (Phi) is 6.78. The molecular weight excluding hydrogens is 448 g/mol. The van der Waals surface area contributed by atoms with E-state index in [2.05, 4.69) is 10.5 Å². The van der Waals surface area contributed by atoms with Crippen LogP contribution in [0, 0.1) is 10.1 Å². The van der Waals surface area contributed by atoms with Gasteiger partial charge in [-0.05, 0) is 67.6 Å². The van der Waals surface area contributed by atoms with E-state index in [4.69, 9.17) is 4.74 Å². The highest BCUT2D eigenvalue weighted by molar-refractivity contribution is 6.03. The summed E-state index contributed by atoms with van der Waals surface area (Å²) in [6, 6.07) is 22.8. The second-order valence-electron chi connectivity index (χ2n) is 7.46. The van der Waals surface area contributed by atoms with E-state index >= 15 is 0 Å². The van der Waals surface area contributed by atoms with Crippen LogP contribution in [-0.2, 0) is 0 Å². The van der Waals surface area contributed by atoms with Crippen molar-refractivity contribution >= 4 is 23.3 Å². The maximum Gasteiger partial charge on any atom is 0.343 e. The molecule has 1 N–H and O–H groups in total. The average molecular weight is 468 g/mol. The lowest BCUT2D eigenvalue weighted by molar-refractivity contribution is -0.384. The number of carbonyl (C=O) groups excluding carboxylic acids is 2. The fourth-order valence-corrected chi connectivity index (χ4v) is 3.28. The number of nitro groups is 1. The second-order valence-corrected chi connectivity index (χ2v) is 7.46. The minimum absolute atomic E-state index is 0.125. The standard InChI is InChI=1S/C26H20N4O5/c1-18(27-28-25(31)19-8-12-21(13-9-19)29-16-4-5-17-29)23-6-2-3-7-24(23)35-26(32)20-10-14-22(15-11-20)30(33)34/h2-17H,1H3,(H,28,31)/b27-18+. The first-order chi connectivity index (χ1) is 16.9. The number of esters is 1. The molecule has 0 fully saturated rings. The van der Waals surface area contributed by atoms with Crippen LogP contribution in [-0.4, -0.2) is 27.1 Å². The molecule has 0 unspecified atom stereocenters. The molecule has 3 aromatic carbocycles. The molecule has 1 aromatic heterocycles. The van der Waals surface area contributed by atoms with Gasteiger partial charge in [-0.1, -0.05) is 12.1 Å². The number of aromatic nitrogens is 1. The van der Waals surface area contributed by atoms with Gasteiger partial charge in [-0.2, -0.15) is 5.10 Å². The Morgan fingerprint density at radius 3 is 2.17 bits per heavy atom. The van der Waals surface area contributed by atoms with E-state index in [1.165, 1.54) is 24.3 Å². The summed E-state index contributed by atoms with van der Waals surface area (Å²) in [6.07, 6.45) is 3.82. The summed E-state index contributed by atoms with van der Waals surface area (Å²) in [5.74, 6) is -0.821. The maximum absolute atomic E-state index is 12.5. The zero-order valence-corrected chi connectivity index (χ0v) is 18.6. The predicted octanol–water partition coefficient (Wildman–Crippen LogP) is 4.76. The zero-order chi connectivity index (χ0) is 24.8. The van der Waals surface area contributed by atoms with E-state index in [9.17, 15) is 19.7 Å². The zero-order valence-electron chi connectivity index (χ0n) is 18.6. The first-order valence-corrected chi connectivity index (χ1v) is 10.6. The highest BCUT2D eigenvalue weighted by atomic mass is 16.6. The molecule has 0 saturated carbocycles. The first kappa shape index (κ1) is 23.1. The Labute approximate surface area is 200 Å². The molecule has 4 aromatic rings. The number of hydrogen-bond acceptors (Lipinski definition) is 6. The van der Waals surface area contributed by atoms with E-state index in [-0.39, 0.29) is 22.9 Å². The van der Waals surface area contributed by atoms with Crippen LogP contribution in [0.5, 0.6) is 5.75 Å². The summed E-state index contributed by atoms with van der Waals surface area (Å²) in [4.78, 5) is 35.3. The van der Waals surface area contributed by atoms with Gasteiger partial charge in [0.1, 0.15) is 5.75 Å². The Balaban J connectivity index is 1.45. The van der Waals surface area contributed by atoms with Gasteiger partial charge in [0.15, 0.2) is 0 Å². The Hall–Kier alpha value is -5.05. The summed E-state index contributed by atoms with van der Waals surface area (Å²) in [7, 11) is 0. The van der Waals surface area contributed by atoms with Gasteiger partial charge in [0, 0.05) is 41.3 Å². The number of hydrogen-bond donors (Lipinski definition) is 1. The monoisotopic (exact) mass is 468 g/mol. The number of hydrazone groups is 1. The van der Waals surface area contributed by atoms with Crippen molar-refractivity contribution in [2.45, 2.75) is 6.92 Å². The summed E-state index contributed by atoms with van der Waals surface area (Å²) < 4.78 is 7.42. The third-order valence-electron chi connectivity index (χ3n) is 5.15. The summed E-state index contributed by atoms with van der Waals surface area (Å²) in [6.45, 7) is 1.67. The fourth-order valence-electron chi connectivity index (χ4n) is 3.28. The molecule has 0 aliphatic carbocycles. The molecular formula is C26H20N4O5. The molecule has 35 heavy (non-hydrogen) atoms. The average Bonchev–Trinajstić information content (AvgIpc) is 3.42. The second kappa shape index (κ2) is 10.3. The van der Waals surface area contributed by atoms with Crippen molar-refractivity contribution in [2.24, 2.45) is 5.10 Å². The third-order valence-corrected chi connectivity index (χ3v) is 5.15. The van der Waals surface area contributed by atoms with Crippen molar-refractivity contribution in [3.8, 4) is 11.4 Å². The van der Waals surface area contributed by atoms with Crippen LogP contribution >= 0.6 is 0 Å². The minimum Gasteiger partial charge on any atom is -0.422 e. The highest BCUT2D eigenvalue weighted by Crippen LogP contribution is 2.21. The SMILES string of the molecule is C/C(=N\NC(=O)c1ccc(-n2cccc2)cc1)c1ccccc1OC(=O)c1ccc([N+](=O)[O-])cc1. The Bertz CT molecular complexity index is 1390. The molecule has 0 aliphatic heterocycles. The number of para-hydroxylation sites is 1. The molecule has 9 heteroatoms. The van der Waals surface area contributed by atoms with Crippen molar-refractivity contribution in [1.82, 2.24) is 9.99 Å². The summed E-state index contributed by atoms with van der Waals surface area (Å²) in [5, 5.41) is 15.0. The van der Waals surface area contributed by atoms with Crippen molar-refractivity contribution in [1.29, 1.82) is 0 Å². The van der Waals surface area contributed by atoms with Crippen LogP contribution < -0.4 is 10.2 Å². The topological polar surface area (TPSA) is 116 Å². The lowest BCUT2D eigenvalue weighted by Crippen LogP contribution is -2.19. The Morgan fingerprint density at radius 2 is 1.51 bits per heavy atom. The largest absolute Gasteiger partial charge is 0.422 e. The quantitative estimate of drug-likeness (QED) is 0.138. The number of rotatable bonds is 7. The summed E-state index contributed by atoms with van der Waals surface area (Å²) >= 11 is 0. The smallest absolute Gasteiger partial charge is 0.343 e. The molecule has 4 rings (SSSR count). The normalized spacial score (nSPS) is 11.1. The number of amides is 1. The fraction of sp³-hybridized carbons (Fsp3) is 0.0385. The van der Waals surface area contributed by atoms with Crippen LogP contribution in [0.25, 0.3) is 5.69 Å². The molecule has 0 aliphatic rings. The number of nitro benzene ring substituents is 1. The van der Waals surface area contributed by atoms with Gasteiger partial charge in [0.05, 0.1) is 16.2 Å². The van der Waals surface area contributed by atoms with E-state index in [0.717, 1.165) is 5.69 Å². The van der Waals surface area contributed by atoms with E-state index in [1.807, 2.05) is 41.2 Å². The third kappa shape index (κ3) is 5.48. The molecule has 0 radical (unpaired) electrons. The van der Waals surface area contributed by atoms with Crippen molar-refractivity contribution < 1.29 is 19.2 Å². The highest BCUT2D eigenvalue weighted by Gasteiger charge is 2.15. The molecule has 1 amide bonds. The molecule has 174 valence electrons. The van der Waals surface area contributed by atoms with Gasteiger partial charge < -0.3 is 9.30 Å². The van der Waals surface area contributed by atoms with Gasteiger partial charge in [0.25, 0.3) is 11.6 Å². The number of carbonyl (C=O) groups is 2. The number of non-ortho nitro benzene ring substituents is 1. The van der Waals surface area contributed by atoms with Crippen LogP contribution in [0.1, 0.15) is 33.2 Å². The van der Waals surface area contributed by atoms with Gasteiger partial charge >= 0.3 is 5.97 Å². The molecule has 1 heterocycles. The molecule has 0 saturated heterocycles. The summed E-state index contributed by atoms with van der Waals surface area (Å²) in [5.41, 5.74) is 4.85. The van der Waals surface area contributed by atoms with E-state index in [0.29, 0.717) is 16.8 Å². The lowest BCUT2D eigenvalue weighted by atomic mass is 10.1. The first-order valence-electron chi connectivity index (χ1n) is 10.6. The lowest BCUT2D eigenvalue weighted by Gasteiger charge is -2.10. The Morgan fingerprint density at radius 1 is 0.886 bits per heavy atom. The number of nitrogens with one attached hydrogen (secondary N) is 1. The van der Waals surface area contributed by atoms with Crippen LogP contribution in [0.15, 0.2) is 102 Å². The number of ether oxygens (including phenoxy) is 1. The van der Waals surface area contributed by atoms with E-state index in [1.54, 1.807) is 43.3 Å². The predicted molar refractivity (Wildman–Crippen MR) is 130 cm³/mol.